The van der Waals surface area contributed by atoms with Crippen LogP contribution in [0.1, 0.15) is 82.6 Å². The summed E-state index contributed by atoms with van der Waals surface area (Å²) in [6, 6.07) is 0. The zero-order valence-electron chi connectivity index (χ0n) is 13.8. The van der Waals surface area contributed by atoms with Crippen molar-refractivity contribution in [2.75, 3.05) is 0 Å². The highest BCUT2D eigenvalue weighted by molar-refractivity contribution is 4.77. The minimum Gasteiger partial charge on any atom is -0.0628 e. The molecule has 0 heteroatoms. The fourth-order valence-corrected chi connectivity index (χ4v) is 1.22. The Morgan fingerprint density at radius 2 is 0.875 bits per heavy atom. The predicted molar refractivity (Wildman–Crippen MR) is 77.8 cm³/mol. The molecule has 0 aliphatic heterocycles. The van der Waals surface area contributed by atoms with E-state index in [9.17, 15) is 0 Å². The number of hydrogen-bond acceptors (Lipinski definition) is 0. The molecule has 0 unspecified atom stereocenters. The van der Waals surface area contributed by atoms with Crippen LogP contribution in [0, 0.1) is 22.2 Å². The molecule has 0 atom stereocenters. The Morgan fingerprint density at radius 1 is 0.625 bits per heavy atom. The van der Waals surface area contributed by atoms with Crippen LogP contribution in [0.5, 0.6) is 0 Å². The quantitative estimate of drug-likeness (QED) is 0.504. The molecule has 0 amide bonds. The van der Waals surface area contributed by atoms with Gasteiger partial charge in [-0.05, 0) is 28.6 Å². The van der Waals surface area contributed by atoms with E-state index in [0.717, 1.165) is 5.92 Å². The van der Waals surface area contributed by atoms with Crippen molar-refractivity contribution in [3.05, 3.63) is 0 Å². The Balaban J connectivity index is 0. The van der Waals surface area contributed by atoms with E-state index in [-0.39, 0.29) is 0 Å². The molecule has 0 rings (SSSR count). The summed E-state index contributed by atoms with van der Waals surface area (Å²) in [5.41, 5.74) is 1.40. The molecular formula is C16H36. The van der Waals surface area contributed by atoms with Crippen LogP contribution in [0.15, 0.2) is 0 Å². The average molecular weight is 228 g/mol. The molecule has 0 bridgehead atoms. The van der Waals surface area contributed by atoms with E-state index >= 15 is 0 Å². The van der Waals surface area contributed by atoms with Crippen molar-refractivity contribution in [2.24, 2.45) is 22.2 Å². The van der Waals surface area contributed by atoms with Gasteiger partial charge in [-0.1, -0.05) is 76.2 Å². The molecule has 0 aromatic heterocycles. The van der Waals surface area contributed by atoms with Crippen molar-refractivity contribution in [3.63, 3.8) is 0 Å². The fourth-order valence-electron chi connectivity index (χ4n) is 1.22. The molecule has 0 aromatic carbocycles. The highest BCUT2D eigenvalue weighted by atomic mass is 14.3. The topological polar surface area (TPSA) is 0 Å². The first-order valence-electron chi connectivity index (χ1n) is 6.67. The molecular weight excluding hydrogens is 192 g/mol. The first kappa shape index (κ1) is 18.4. The maximum atomic E-state index is 2.28. The van der Waals surface area contributed by atoms with Gasteiger partial charge in [-0.2, -0.15) is 0 Å². The third-order valence-corrected chi connectivity index (χ3v) is 3.27. The van der Waals surface area contributed by atoms with E-state index in [0.29, 0.717) is 16.2 Å². The lowest BCUT2D eigenvalue weighted by molar-refractivity contribution is 0.157. The predicted octanol–water partition coefficient (Wildman–Crippen LogP) is 6.16. The van der Waals surface area contributed by atoms with E-state index in [1.54, 1.807) is 0 Å². The lowest BCUT2D eigenvalue weighted by Gasteiger charge is -2.34. The maximum absolute atomic E-state index is 2.28. The molecule has 0 saturated carbocycles. The number of rotatable bonds is 1. The Kier molecular flexibility index (Phi) is 6.97. The van der Waals surface area contributed by atoms with E-state index in [1.165, 1.54) is 6.42 Å². The van der Waals surface area contributed by atoms with Gasteiger partial charge in [-0.3, -0.25) is 0 Å². The van der Waals surface area contributed by atoms with Crippen molar-refractivity contribution in [2.45, 2.75) is 82.6 Å². The maximum Gasteiger partial charge on any atom is -0.0334 e. The lowest BCUT2D eigenvalue weighted by Crippen LogP contribution is -2.25. The van der Waals surface area contributed by atoms with Crippen LogP contribution in [0.4, 0.5) is 0 Å². The highest BCUT2D eigenvalue weighted by Crippen LogP contribution is 2.36. The van der Waals surface area contributed by atoms with Gasteiger partial charge in [0.25, 0.3) is 0 Å². The monoisotopic (exact) mass is 228 g/mol. The summed E-state index contributed by atoms with van der Waals surface area (Å²) in [6.07, 6.45) is 1.33. The molecule has 0 saturated heterocycles. The first-order valence-corrected chi connectivity index (χ1v) is 6.67. The van der Waals surface area contributed by atoms with E-state index in [2.05, 4.69) is 76.2 Å². The van der Waals surface area contributed by atoms with Gasteiger partial charge in [-0.15, -0.1) is 0 Å². The summed E-state index contributed by atoms with van der Waals surface area (Å²) in [6.45, 7) is 25.0. The van der Waals surface area contributed by atoms with Gasteiger partial charge in [0, 0.05) is 0 Å². The van der Waals surface area contributed by atoms with Crippen LogP contribution in [0.3, 0.4) is 0 Å². The van der Waals surface area contributed by atoms with Crippen LogP contribution >= 0.6 is 0 Å². The molecule has 0 fully saturated rings. The Hall–Kier alpha value is 0. The third kappa shape index (κ3) is 12.1. The number of hydrogen-bond donors (Lipinski definition) is 0. The second-order valence-electron chi connectivity index (χ2n) is 8.66. The molecule has 0 radical (unpaired) electrons. The van der Waals surface area contributed by atoms with Crippen LogP contribution < -0.4 is 0 Å². The molecule has 0 aromatic rings. The van der Waals surface area contributed by atoms with E-state index in [4.69, 9.17) is 0 Å². The smallest absolute Gasteiger partial charge is 0.0334 e. The molecule has 0 nitrogen and oxygen atoms in total. The SMILES string of the molecule is CC(C)(C)C(C)(C)C.CC(C)CC(C)(C)C. The summed E-state index contributed by atoms with van der Waals surface area (Å²) < 4.78 is 0. The second-order valence-corrected chi connectivity index (χ2v) is 8.66. The minimum absolute atomic E-state index is 0.437. The molecule has 16 heavy (non-hydrogen) atoms. The molecule has 0 aliphatic carbocycles. The van der Waals surface area contributed by atoms with Gasteiger partial charge in [0.1, 0.15) is 0 Å². The van der Waals surface area contributed by atoms with Gasteiger partial charge in [-0.25, -0.2) is 0 Å². The zero-order chi connectivity index (χ0) is 13.8. The first-order chi connectivity index (χ1) is 6.67. The van der Waals surface area contributed by atoms with Gasteiger partial charge in [0.2, 0.25) is 0 Å². The van der Waals surface area contributed by atoms with E-state index < -0.39 is 0 Å². The zero-order valence-corrected chi connectivity index (χ0v) is 13.8. The Morgan fingerprint density at radius 3 is 0.875 bits per heavy atom. The summed E-state index contributed by atoms with van der Waals surface area (Å²) in [5, 5.41) is 0. The Bertz CT molecular complexity index is 154. The summed E-state index contributed by atoms with van der Waals surface area (Å²) in [4.78, 5) is 0. The molecule has 100 valence electrons. The van der Waals surface area contributed by atoms with Crippen LogP contribution in [0.2, 0.25) is 0 Å². The molecule has 0 heterocycles. The average Bonchev–Trinajstić information content (AvgIpc) is 1.74. The third-order valence-electron chi connectivity index (χ3n) is 3.27. The van der Waals surface area contributed by atoms with Crippen molar-refractivity contribution >= 4 is 0 Å². The van der Waals surface area contributed by atoms with Crippen molar-refractivity contribution in [1.29, 1.82) is 0 Å². The van der Waals surface area contributed by atoms with Gasteiger partial charge in [0.05, 0.1) is 0 Å². The highest BCUT2D eigenvalue weighted by Gasteiger charge is 2.26. The van der Waals surface area contributed by atoms with Gasteiger partial charge >= 0.3 is 0 Å². The normalized spacial score (nSPS) is 13.5. The minimum atomic E-state index is 0.437. The summed E-state index contributed by atoms with van der Waals surface area (Å²) >= 11 is 0. The van der Waals surface area contributed by atoms with Gasteiger partial charge in [0.15, 0.2) is 0 Å². The largest absolute Gasteiger partial charge is 0.0628 e. The molecule has 0 spiro atoms. The standard InChI is InChI=1S/2C8H18/c1-7(2)6-8(3,4)5;1-7(2,3)8(4,5)6/h7H,6H2,1-5H3;1-6H3. The van der Waals surface area contributed by atoms with Gasteiger partial charge < -0.3 is 0 Å². The van der Waals surface area contributed by atoms with Crippen molar-refractivity contribution in [1.82, 2.24) is 0 Å². The van der Waals surface area contributed by atoms with Crippen LogP contribution in [-0.4, -0.2) is 0 Å². The van der Waals surface area contributed by atoms with Crippen molar-refractivity contribution in [3.8, 4) is 0 Å². The lowest BCUT2D eigenvalue weighted by atomic mass is 9.71. The molecule has 0 aliphatic rings. The van der Waals surface area contributed by atoms with Crippen molar-refractivity contribution < 1.29 is 0 Å². The summed E-state index contributed by atoms with van der Waals surface area (Å²) in [5.74, 6) is 0.843. The van der Waals surface area contributed by atoms with Crippen LogP contribution in [0.25, 0.3) is 0 Å². The van der Waals surface area contributed by atoms with Crippen LogP contribution in [-0.2, 0) is 0 Å². The summed E-state index contributed by atoms with van der Waals surface area (Å²) in [7, 11) is 0. The second kappa shape index (κ2) is 6.07. The van der Waals surface area contributed by atoms with E-state index in [1.807, 2.05) is 0 Å². The fraction of sp³-hybridized carbons (Fsp3) is 1.00. The molecule has 0 N–H and O–H groups in total. The Labute approximate surface area is 105 Å².